The van der Waals surface area contributed by atoms with Crippen molar-refractivity contribution in [2.24, 2.45) is 0 Å². The van der Waals surface area contributed by atoms with Crippen LogP contribution in [-0.2, 0) is 6.54 Å². The SMILES string of the molecule is CCCC(NC)c1ccn(Cc2ccc(Br)cc2)c1. The Bertz CT molecular complexity index is 502. The molecule has 0 spiro atoms. The van der Waals surface area contributed by atoms with E-state index in [0.717, 1.165) is 11.0 Å². The maximum Gasteiger partial charge on any atom is 0.0470 e. The molecule has 0 saturated carbocycles. The molecule has 0 bridgehead atoms. The molecule has 1 aromatic heterocycles. The number of benzene rings is 1. The fourth-order valence-electron chi connectivity index (χ4n) is 2.33. The third kappa shape index (κ3) is 3.95. The van der Waals surface area contributed by atoms with Crippen molar-refractivity contribution in [1.82, 2.24) is 9.88 Å². The normalized spacial score (nSPS) is 12.6. The van der Waals surface area contributed by atoms with Crippen LogP contribution in [-0.4, -0.2) is 11.6 Å². The lowest BCUT2D eigenvalue weighted by Gasteiger charge is -2.13. The van der Waals surface area contributed by atoms with Gasteiger partial charge in [0.1, 0.15) is 0 Å². The molecule has 0 saturated heterocycles. The van der Waals surface area contributed by atoms with Crippen LogP contribution in [0.15, 0.2) is 47.2 Å². The molecule has 2 nitrogen and oxygen atoms in total. The largest absolute Gasteiger partial charge is 0.350 e. The number of rotatable bonds is 6. The van der Waals surface area contributed by atoms with Gasteiger partial charge in [0.15, 0.2) is 0 Å². The second-order valence-corrected chi connectivity index (χ2v) is 5.79. The molecule has 1 atom stereocenters. The van der Waals surface area contributed by atoms with E-state index in [1.165, 1.54) is 24.0 Å². The molecule has 19 heavy (non-hydrogen) atoms. The summed E-state index contributed by atoms with van der Waals surface area (Å²) in [5.74, 6) is 0. The molecule has 0 fully saturated rings. The van der Waals surface area contributed by atoms with E-state index in [1.807, 2.05) is 7.05 Å². The molecule has 3 heteroatoms. The first kappa shape index (κ1) is 14.4. The molecule has 1 aromatic carbocycles. The third-order valence-corrected chi connectivity index (χ3v) is 3.91. The molecule has 2 rings (SSSR count). The van der Waals surface area contributed by atoms with Crippen LogP contribution in [0.4, 0.5) is 0 Å². The zero-order valence-corrected chi connectivity index (χ0v) is 13.2. The van der Waals surface area contributed by atoms with Crippen molar-refractivity contribution in [3.05, 3.63) is 58.3 Å². The van der Waals surface area contributed by atoms with E-state index in [1.54, 1.807) is 0 Å². The van der Waals surface area contributed by atoms with Crippen molar-refractivity contribution in [2.45, 2.75) is 32.4 Å². The first-order valence-corrected chi connectivity index (χ1v) is 7.59. The van der Waals surface area contributed by atoms with E-state index in [4.69, 9.17) is 0 Å². The van der Waals surface area contributed by atoms with Crippen LogP contribution < -0.4 is 5.32 Å². The van der Waals surface area contributed by atoms with E-state index in [2.05, 4.69) is 75.5 Å². The molecule has 0 aliphatic carbocycles. The van der Waals surface area contributed by atoms with Crippen LogP contribution in [0.2, 0.25) is 0 Å². The minimum Gasteiger partial charge on any atom is -0.350 e. The number of nitrogens with one attached hydrogen (secondary N) is 1. The van der Waals surface area contributed by atoms with E-state index in [0.29, 0.717) is 6.04 Å². The summed E-state index contributed by atoms with van der Waals surface area (Å²) in [6.45, 7) is 3.15. The first-order chi connectivity index (χ1) is 9.22. The fraction of sp³-hybridized carbons (Fsp3) is 0.375. The minimum absolute atomic E-state index is 0.469. The third-order valence-electron chi connectivity index (χ3n) is 3.38. The van der Waals surface area contributed by atoms with Gasteiger partial charge in [-0.1, -0.05) is 41.4 Å². The maximum atomic E-state index is 3.47. The summed E-state index contributed by atoms with van der Waals surface area (Å²) in [5, 5.41) is 3.38. The average Bonchev–Trinajstić information content (AvgIpc) is 2.87. The van der Waals surface area contributed by atoms with Crippen molar-refractivity contribution in [1.29, 1.82) is 0 Å². The van der Waals surface area contributed by atoms with Gasteiger partial charge in [0.05, 0.1) is 0 Å². The van der Waals surface area contributed by atoms with E-state index < -0.39 is 0 Å². The van der Waals surface area contributed by atoms with Crippen molar-refractivity contribution in [3.8, 4) is 0 Å². The molecule has 0 radical (unpaired) electrons. The van der Waals surface area contributed by atoms with Gasteiger partial charge in [0, 0.05) is 29.5 Å². The van der Waals surface area contributed by atoms with Gasteiger partial charge in [0.2, 0.25) is 0 Å². The topological polar surface area (TPSA) is 17.0 Å². The molecule has 2 aromatic rings. The van der Waals surface area contributed by atoms with Crippen molar-refractivity contribution in [3.63, 3.8) is 0 Å². The van der Waals surface area contributed by atoms with Gasteiger partial charge in [-0.15, -0.1) is 0 Å². The summed E-state index contributed by atoms with van der Waals surface area (Å²) in [6, 6.07) is 11.2. The molecule has 1 heterocycles. The number of aromatic nitrogens is 1. The highest BCUT2D eigenvalue weighted by Gasteiger charge is 2.09. The number of hydrogen-bond acceptors (Lipinski definition) is 1. The van der Waals surface area contributed by atoms with Crippen LogP contribution in [0.3, 0.4) is 0 Å². The Hall–Kier alpha value is -1.06. The van der Waals surface area contributed by atoms with Gasteiger partial charge in [-0.2, -0.15) is 0 Å². The Labute approximate surface area is 124 Å². The summed E-state index contributed by atoms with van der Waals surface area (Å²) in [6.07, 6.45) is 6.79. The Morgan fingerprint density at radius 1 is 1.21 bits per heavy atom. The van der Waals surface area contributed by atoms with E-state index in [9.17, 15) is 0 Å². The van der Waals surface area contributed by atoms with Crippen LogP contribution in [0.5, 0.6) is 0 Å². The number of hydrogen-bond donors (Lipinski definition) is 1. The highest BCUT2D eigenvalue weighted by molar-refractivity contribution is 9.10. The standard InChI is InChI=1S/C16H21BrN2/c1-3-4-16(18-2)14-9-10-19(12-14)11-13-5-7-15(17)8-6-13/h5-10,12,16,18H,3-4,11H2,1-2H3. The van der Waals surface area contributed by atoms with Crippen LogP contribution in [0, 0.1) is 0 Å². The van der Waals surface area contributed by atoms with Gasteiger partial charge < -0.3 is 9.88 Å². The zero-order chi connectivity index (χ0) is 13.7. The van der Waals surface area contributed by atoms with Gasteiger partial charge >= 0.3 is 0 Å². The summed E-state index contributed by atoms with van der Waals surface area (Å²) in [7, 11) is 2.03. The highest BCUT2D eigenvalue weighted by Crippen LogP contribution is 2.19. The molecular formula is C16H21BrN2. The zero-order valence-electron chi connectivity index (χ0n) is 11.6. The van der Waals surface area contributed by atoms with Gasteiger partial charge in [-0.3, -0.25) is 0 Å². The van der Waals surface area contributed by atoms with Crippen molar-refractivity contribution in [2.75, 3.05) is 7.05 Å². The Kier molecular flexibility index (Phi) is 5.23. The Morgan fingerprint density at radius 3 is 2.58 bits per heavy atom. The summed E-state index contributed by atoms with van der Waals surface area (Å²) in [4.78, 5) is 0. The van der Waals surface area contributed by atoms with Crippen LogP contribution >= 0.6 is 15.9 Å². The molecule has 0 aliphatic heterocycles. The second kappa shape index (κ2) is 6.92. The quantitative estimate of drug-likeness (QED) is 0.836. The summed E-state index contributed by atoms with van der Waals surface area (Å²) >= 11 is 3.47. The molecule has 0 amide bonds. The lowest BCUT2D eigenvalue weighted by atomic mass is 10.1. The van der Waals surface area contributed by atoms with Crippen LogP contribution in [0.25, 0.3) is 0 Å². The van der Waals surface area contributed by atoms with Gasteiger partial charge in [0.25, 0.3) is 0 Å². The predicted molar refractivity (Wildman–Crippen MR) is 84.4 cm³/mol. The second-order valence-electron chi connectivity index (χ2n) is 4.87. The minimum atomic E-state index is 0.469. The van der Waals surface area contributed by atoms with Crippen molar-refractivity contribution >= 4 is 15.9 Å². The average molecular weight is 321 g/mol. The lowest BCUT2D eigenvalue weighted by molar-refractivity contribution is 0.540. The van der Waals surface area contributed by atoms with Gasteiger partial charge in [-0.25, -0.2) is 0 Å². The smallest absolute Gasteiger partial charge is 0.0470 e. The summed E-state index contributed by atoms with van der Waals surface area (Å²) in [5.41, 5.74) is 2.70. The summed E-state index contributed by atoms with van der Waals surface area (Å²) < 4.78 is 3.38. The highest BCUT2D eigenvalue weighted by atomic mass is 79.9. The number of halogens is 1. The molecule has 0 aliphatic rings. The maximum absolute atomic E-state index is 3.47. The monoisotopic (exact) mass is 320 g/mol. The molecular weight excluding hydrogens is 300 g/mol. The fourth-order valence-corrected chi connectivity index (χ4v) is 2.60. The molecule has 102 valence electrons. The van der Waals surface area contributed by atoms with E-state index in [-0.39, 0.29) is 0 Å². The number of nitrogens with zero attached hydrogens (tertiary/aromatic N) is 1. The van der Waals surface area contributed by atoms with Gasteiger partial charge in [-0.05, 0) is 42.8 Å². The lowest BCUT2D eigenvalue weighted by Crippen LogP contribution is -2.15. The van der Waals surface area contributed by atoms with Crippen LogP contribution in [0.1, 0.15) is 36.9 Å². The predicted octanol–water partition coefficient (Wildman–Crippen LogP) is 4.36. The first-order valence-electron chi connectivity index (χ1n) is 6.80. The molecule has 1 N–H and O–H groups in total. The van der Waals surface area contributed by atoms with E-state index >= 15 is 0 Å². The Balaban J connectivity index is 2.06. The molecule has 1 unspecified atom stereocenters. The van der Waals surface area contributed by atoms with Crippen molar-refractivity contribution < 1.29 is 0 Å². The Morgan fingerprint density at radius 2 is 1.95 bits per heavy atom.